The second kappa shape index (κ2) is 5.17. The first kappa shape index (κ1) is 13.8. The number of nitrogens with zero attached hydrogens (tertiary/aromatic N) is 1. The van der Waals surface area contributed by atoms with Gasteiger partial charge in [-0.3, -0.25) is 9.59 Å². The molecular formula is C12H18N2O2S2. The Morgan fingerprint density at radius 2 is 2.44 bits per heavy atom. The maximum absolute atomic E-state index is 11.9. The minimum Gasteiger partial charge on any atom is -0.341 e. The summed E-state index contributed by atoms with van der Waals surface area (Å²) >= 11 is 3.27. The predicted octanol–water partition coefficient (Wildman–Crippen LogP) is 1.08. The molecule has 100 valence electrons. The highest BCUT2D eigenvalue weighted by molar-refractivity contribution is 8.01. The van der Waals surface area contributed by atoms with Crippen molar-refractivity contribution in [1.82, 2.24) is 10.2 Å². The second-order valence-corrected chi connectivity index (χ2v) is 7.94. The van der Waals surface area contributed by atoms with Crippen LogP contribution in [0.15, 0.2) is 12.7 Å². The highest BCUT2D eigenvalue weighted by Gasteiger charge is 2.56. The summed E-state index contributed by atoms with van der Waals surface area (Å²) in [5.74, 6) is 1.13. The van der Waals surface area contributed by atoms with Crippen LogP contribution in [0.5, 0.6) is 0 Å². The third-order valence-corrected chi connectivity index (χ3v) is 5.39. The number of β-lactam (4-membered cyclic amide) rings is 1. The molecule has 6 heteroatoms. The van der Waals surface area contributed by atoms with Gasteiger partial charge in [0.25, 0.3) is 0 Å². The van der Waals surface area contributed by atoms with Crippen molar-refractivity contribution in [3.05, 3.63) is 12.7 Å². The van der Waals surface area contributed by atoms with Crippen LogP contribution in [0.1, 0.15) is 13.8 Å². The molecule has 2 saturated heterocycles. The van der Waals surface area contributed by atoms with Gasteiger partial charge in [-0.15, -0.1) is 30.1 Å². The monoisotopic (exact) mass is 286 g/mol. The van der Waals surface area contributed by atoms with Gasteiger partial charge in [-0.1, -0.05) is 6.08 Å². The van der Waals surface area contributed by atoms with Crippen molar-refractivity contribution < 1.29 is 9.59 Å². The first-order valence-electron chi connectivity index (χ1n) is 5.91. The zero-order valence-corrected chi connectivity index (χ0v) is 12.3. The van der Waals surface area contributed by atoms with Crippen LogP contribution in [0.3, 0.4) is 0 Å². The van der Waals surface area contributed by atoms with Gasteiger partial charge in [0.15, 0.2) is 0 Å². The number of nitrogens with one attached hydrogen (secondary N) is 1. The van der Waals surface area contributed by atoms with Gasteiger partial charge >= 0.3 is 0 Å². The van der Waals surface area contributed by atoms with Crippen LogP contribution < -0.4 is 5.32 Å². The molecule has 2 amide bonds. The highest BCUT2D eigenvalue weighted by atomic mass is 32.2. The van der Waals surface area contributed by atoms with Gasteiger partial charge in [0.2, 0.25) is 11.8 Å². The van der Waals surface area contributed by atoms with Crippen LogP contribution in [0.4, 0.5) is 0 Å². The Morgan fingerprint density at radius 1 is 1.72 bits per heavy atom. The third-order valence-electron chi connectivity index (χ3n) is 2.92. The molecule has 0 radical (unpaired) electrons. The lowest BCUT2D eigenvalue weighted by atomic mass is 10.1. The summed E-state index contributed by atoms with van der Waals surface area (Å²) in [6.07, 6.45) is 1.77. The summed E-state index contributed by atoms with van der Waals surface area (Å²) < 4.78 is 0.0946. The van der Waals surface area contributed by atoms with Gasteiger partial charge in [0.05, 0.1) is 5.75 Å². The largest absolute Gasteiger partial charge is 0.341 e. The number of carbonyl (C=O) groups excluding carboxylic acids is 2. The number of amides is 2. The van der Waals surface area contributed by atoms with E-state index in [9.17, 15) is 9.59 Å². The molecule has 18 heavy (non-hydrogen) atoms. The predicted molar refractivity (Wildman–Crippen MR) is 76.6 cm³/mol. The zero-order chi connectivity index (χ0) is 13.3. The molecule has 1 unspecified atom stereocenters. The quantitative estimate of drug-likeness (QED) is 0.467. The normalized spacial score (nSPS) is 28.6. The SMILES string of the molecule is C=CCSCC(=O)N[C@@H]1C(=O)N2CC(C)(C)SC12. The summed E-state index contributed by atoms with van der Waals surface area (Å²) in [7, 11) is 0. The highest BCUT2D eigenvalue weighted by Crippen LogP contribution is 2.46. The van der Waals surface area contributed by atoms with Crippen molar-refractivity contribution in [3.63, 3.8) is 0 Å². The van der Waals surface area contributed by atoms with Crippen molar-refractivity contribution in [2.24, 2.45) is 0 Å². The fraction of sp³-hybridized carbons (Fsp3) is 0.667. The van der Waals surface area contributed by atoms with Gasteiger partial charge in [-0.2, -0.15) is 0 Å². The minimum absolute atomic E-state index is 0.0557. The van der Waals surface area contributed by atoms with Crippen molar-refractivity contribution in [2.75, 3.05) is 18.1 Å². The molecule has 0 aliphatic carbocycles. The fourth-order valence-corrected chi connectivity index (χ4v) is 4.23. The van der Waals surface area contributed by atoms with Crippen molar-refractivity contribution >= 4 is 35.3 Å². The first-order valence-corrected chi connectivity index (χ1v) is 7.94. The molecule has 0 aromatic carbocycles. The van der Waals surface area contributed by atoms with E-state index in [0.29, 0.717) is 5.75 Å². The number of hydrogen-bond acceptors (Lipinski definition) is 4. The third kappa shape index (κ3) is 2.69. The van der Waals surface area contributed by atoms with E-state index in [-0.39, 0.29) is 28.0 Å². The Balaban J connectivity index is 1.83. The lowest BCUT2D eigenvalue weighted by Crippen LogP contribution is -2.67. The fourth-order valence-electron chi connectivity index (χ4n) is 2.18. The maximum atomic E-state index is 11.9. The molecular weight excluding hydrogens is 268 g/mol. The van der Waals surface area contributed by atoms with E-state index in [1.54, 1.807) is 17.8 Å². The number of thioether (sulfide) groups is 2. The molecule has 4 nitrogen and oxygen atoms in total. The zero-order valence-electron chi connectivity index (χ0n) is 10.6. The van der Waals surface area contributed by atoms with Crippen LogP contribution in [-0.2, 0) is 9.59 Å². The summed E-state index contributed by atoms with van der Waals surface area (Å²) in [4.78, 5) is 25.4. The van der Waals surface area contributed by atoms with Crippen LogP contribution in [0.2, 0.25) is 0 Å². The second-order valence-electron chi connectivity index (χ2n) is 5.08. The number of rotatable bonds is 5. The lowest BCUT2D eigenvalue weighted by molar-refractivity contribution is -0.147. The van der Waals surface area contributed by atoms with E-state index < -0.39 is 0 Å². The average molecular weight is 286 g/mol. The van der Waals surface area contributed by atoms with E-state index >= 15 is 0 Å². The standard InChI is InChI=1S/C12H18N2O2S2/c1-4-5-17-6-8(15)13-9-10(16)14-7-12(2,3)18-11(9)14/h4,9,11H,1,5-7H2,2-3H3,(H,13,15)/t9-,11?/m1/s1. The maximum Gasteiger partial charge on any atom is 0.249 e. The molecule has 2 heterocycles. The van der Waals surface area contributed by atoms with E-state index in [1.807, 2.05) is 4.90 Å². The molecule has 0 aromatic rings. The van der Waals surface area contributed by atoms with E-state index in [2.05, 4.69) is 25.7 Å². The first-order chi connectivity index (χ1) is 8.44. The molecule has 2 aliphatic heterocycles. The topological polar surface area (TPSA) is 49.4 Å². The van der Waals surface area contributed by atoms with Crippen molar-refractivity contribution in [1.29, 1.82) is 0 Å². The number of carbonyl (C=O) groups is 2. The Hall–Kier alpha value is -0.620. The molecule has 2 aliphatic rings. The Kier molecular flexibility index (Phi) is 3.96. The van der Waals surface area contributed by atoms with E-state index in [4.69, 9.17) is 0 Å². The van der Waals surface area contributed by atoms with Crippen LogP contribution >= 0.6 is 23.5 Å². The average Bonchev–Trinajstić information content (AvgIpc) is 2.59. The summed E-state index contributed by atoms with van der Waals surface area (Å²) in [6.45, 7) is 8.63. The number of hydrogen-bond donors (Lipinski definition) is 1. The molecule has 0 bridgehead atoms. The molecule has 0 spiro atoms. The van der Waals surface area contributed by atoms with Gasteiger partial charge in [-0.05, 0) is 13.8 Å². The van der Waals surface area contributed by atoms with Gasteiger partial charge in [-0.25, -0.2) is 0 Å². The van der Waals surface area contributed by atoms with Crippen LogP contribution in [-0.4, -0.2) is 50.9 Å². The smallest absolute Gasteiger partial charge is 0.249 e. The van der Waals surface area contributed by atoms with E-state index in [1.165, 1.54) is 11.8 Å². The molecule has 2 rings (SSSR count). The van der Waals surface area contributed by atoms with Gasteiger partial charge in [0, 0.05) is 17.0 Å². The van der Waals surface area contributed by atoms with Crippen LogP contribution in [0.25, 0.3) is 0 Å². The summed E-state index contributed by atoms with van der Waals surface area (Å²) in [6, 6.07) is -0.325. The lowest BCUT2D eigenvalue weighted by Gasteiger charge is -2.41. The summed E-state index contributed by atoms with van der Waals surface area (Å²) in [5.41, 5.74) is 0. The molecule has 2 atom stereocenters. The minimum atomic E-state index is -0.325. The van der Waals surface area contributed by atoms with Gasteiger partial charge in [0.1, 0.15) is 11.4 Å². The summed E-state index contributed by atoms with van der Waals surface area (Å²) in [5, 5.41) is 2.95. The number of fused-ring (bicyclic) bond motifs is 1. The Bertz CT molecular complexity index is 384. The molecule has 1 N–H and O–H groups in total. The Labute approximate surface area is 116 Å². The van der Waals surface area contributed by atoms with E-state index in [0.717, 1.165) is 12.3 Å². The van der Waals surface area contributed by atoms with Gasteiger partial charge < -0.3 is 10.2 Å². The Morgan fingerprint density at radius 3 is 3.11 bits per heavy atom. The molecule has 0 saturated carbocycles. The molecule has 2 fully saturated rings. The van der Waals surface area contributed by atoms with Crippen molar-refractivity contribution in [2.45, 2.75) is 30.0 Å². The molecule has 0 aromatic heterocycles. The van der Waals surface area contributed by atoms with Crippen molar-refractivity contribution in [3.8, 4) is 0 Å². The van der Waals surface area contributed by atoms with Crippen LogP contribution in [0, 0.1) is 0 Å².